The summed E-state index contributed by atoms with van der Waals surface area (Å²) in [7, 11) is -1.95. The maximum absolute atomic E-state index is 12.8. The lowest BCUT2D eigenvalue weighted by Crippen LogP contribution is -2.44. The first-order chi connectivity index (χ1) is 15.3. The number of sulfonamides is 1. The number of piperidine rings is 1. The van der Waals surface area contributed by atoms with Gasteiger partial charge in [0.15, 0.2) is 0 Å². The van der Waals surface area contributed by atoms with E-state index in [9.17, 15) is 13.2 Å². The Balaban J connectivity index is 1.42. The average molecular weight is 501 g/mol. The Labute approximate surface area is 198 Å². The van der Waals surface area contributed by atoms with E-state index in [0.29, 0.717) is 66.2 Å². The molecule has 0 radical (unpaired) electrons. The molecule has 0 saturated carbocycles. The van der Waals surface area contributed by atoms with Gasteiger partial charge in [-0.15, -0.1) is 0 Å². The van der Waals surface area contributed by atoms with Crippen LogP contribution in [0.15, 0.2) is 42.5 Å². The Kier molecular flexibility index (Phi) is 8.64. The summed E-state index contributed by atoms with van der Waals surface area (Å²) in [5, 5.41) is 3.65. The van der Waals surface area contributed by atoms with Crippen molar-refractivity contribution in [1.82, 2.24) is 9.62 Å². The van der Waals surface area contributed by atoms with Crippen molar-refractivity contribution in [2.75, 3.05) is 33.4 Å². The van der Waals surface area contributed by atoms with Crippen LogP contribution in [-0.2, 0) is 20.6 Å². The zero-order valence-corrected chi connectivity index (χ0v) is 20.0. The molecule has 32 heavy (non-hydrogen) atoms. The maximum Gasteiger partial charge on any atom is 0.223 e. The highest BCUT2D eigenvalue weighted by Crippen LogP contribution is 2.26. The molecule has 1 N–H and O–H groups in total. The van der Waals surface area contributed by atoms with E-state index < -0.39 is 10.0 Å². The number of hydrogen-bond donors (Lipinski definition) is 1. The molecule has 0 unspecified atom stereocenters. The minimum absolute atomic E-state index is 0.0861. The first-order valence-corrected chi connectivity index (χ1v) is 12.6. The molecular weight excluding hydrogens is 475 g/mol. The topological polar surface area (TPSA) is 84.9 Å². The van der Waals surface area contributed by atoms with Gasteiger partial charge in [-0.25, -0.2) is 12.7 Å². The van der Waals surface area contributed by atoms with Crippen LogP contribution < -0.4 is 14.8 Å². The van der Waals surface area contributed by atoms with Crippen LogP contribution in [0, 0.1) is 5.92 Å². The Morgan fingerprint density at radius 3 is 2.53 bits per heavy atom. The number of hydrogen-bond acceptors (Lipinski definition) is 5. The van der Waals surface area contributed by atoms with Crippen molar-refractivity contribution < 1.29 is 22.7 Å². The lowest BCUT2D eigenvalue weighted by atomic mass is 9.97. The van der Waals surface area contributed by atoms with Crippen molar-refractivity contribution in [2.24, 2.45) is 5.92 Å². The second kappa shape index (κ2) is 11.2. The van der Waals surface area contributed by atoms with Crippen LogP contribution in [0.1, 0.15) is 18.4 Å². The number of nitrogens with one attached hydrogen (secondary N) is 1. The van der Waals surface area contributed by atoms with Crippen molar-refractivity contribution in [3.05, 3.63) is 58.1 Å². The molecule has 1 aliphatic rings. The SMILES string of the molecule is COc1cccc(OCCNC(=O)C2CCN(S(=O)(=O)Cc3ccc(Cl)cc3Cl)CC2)c1. The van der Waals surface area contributed by atoms with Crippen LogP contribution in [0.2, 0.25) is 10.0 Å². The van der Waals surface area contributed by atoms with Crippen molar-refractivity contribution >= 4 is 39.1 Å². The first-order valence-electron chi connectivity index (χ1n) is 10.2. The Morgan fingerprint density at radius 2 is 1.84 bits per heavy atom. The summed E-state index contributed by atoms with van der Waals surface area (Å²) in [4.78, 5) is 12.4. The summed E-state index contributed by atoms with van der Waals surface area (Å²) in [6.45, 7) is 1.29. The van der Waals surface area contributed by atoms with Crippen molar-refractivity contribution in [3.8, 4) is 11.5 Å². The third-order valence-electron chi connectivity index (χ3n) is 5.28. The van der Waals surface area contributed by atoms with Gasteiger partial charge in [-0.3, -0.25) is 4.79 Å². The molecule has 2 aromatic rings. The smallest absolute Gasteiger partial charge is 0.223 e. The standard InChI is InChI=1S/C22H26Cl2N2O5S/c1-30-19-3-2-4-20(14-19)31-12-9-25-22(27)16-7-10-26(11-8-16)32(28,29)15-17-5-6-18(23)13-21(17)24/h2-6,13-14,16H,7-12,15H2,1H3,(H,25,27). The van der Waals surface area contributed by atoms with Gasteiger partial charge in [0.25, 0.3) is 0 Å². The Hall–Kier alpha value is -2.00. The lowest BCUT2D eigenvalue weighted by Gasteiger charge is -2.30. The summed E-state index contributed by atoms with van der Waals surface area (Å²) in [5.41, 5.74) is 0.506. The highest BCUT2D eigenvalue weighted by Gasteiger charge is 2.31. The number of halogens is 2. The number of nitrogens with zero attached hydrogens (tertiary/aromatic N) is 1. The van der Waals surface area contributed by atoms with Crippen LogP contribution in [-0.4, -0.2) is 52.0 Å². The molecule has 3 rings (SSSR count). The van der Waals surface area contributed by atoms with Crippen LogP contribution in [0.4, 0.5) is 0 Å². The van der Waals surface area contributed by atoms with Gasteiger partial charge in [-0.2, -0.15) is 0 Å². The van der Waals surface area contributed by atoms with Gasteiger partial charge in [-0.05, 0) is 42.7 Å². The van der Waals surface area contributed by atoms with E-state index in [-0.39, 0.29) is 17.6 Å². The largest absolute Gasteiger partial charge is 0.497 e. The summed E-state index contributed by atoms with van der Waals surface area (Å²) in [6.07, 6.45) is 0.937. The first kappa shape index (κ1) is 24.6. The number of methoxy groups -OCH3 is 1. The molecule has 1 fully saturated rings. The summed E-state index contributed by atoms with van der Waals surface area (Å²) < 4.78 is 37.7. The molecule has 0 aliphatic carbocycles. The normalized spacial score (nSPS) is 15.3. The molecule has 10 heteroatoms. The fourth-order valence-electron chi connectivity index (χ4n) is 3.50. The van der Waals surface area contributed by atoms with E-state index in [1.807, 2.05) is 18.2 Å². The van der Waals surface area contributed by atoms with Crippen molar-refractivity contribution in [1.29, 1.82) is 0 Å². The molecule has 1 aliphatic heterocycles. The van der Waals surface area contributed by atoms with E-state index in [1.54, 1.807) is 25.3 Å². The molecule has 0 spiro atoms. The third-order valence-corrected chi connectivity index (χ3v) is 7.70. The average Bonchev–Trinajstić information content (AvgIpc) is 2.78. The predicted molar refractivity (Wildman–Crippen MR) is 125 cm³/mol. The van der Waals surface area contributed by atoms with Gasteiger partial charge in [0.05, 0.1) is 19.4 Å². The molecule has 174 valence electrons. The number of rotatable bonds is 9. The number of amides is 1. The lowest BCUT2D eigenvalue weighted by molar-refractivity contribution is -0.126. The number of carbonyl (C=O) groups is 1. The highest BCUT2D eigenvalue weighted by molar-refractivity contribution is 7.88. The Morgan fingerprint density at radius 1 is 1.12 bits per heavy atom. The fraction of sp³-hybridized carbons (Fsp3) is 0.409. The van der Waals surface area contributed by atoms with Gasteiger partial charge >= 0.3 is 0 Å². The summed E-state index contributed by atoms with van der Waals surface area (Å²) in [6, 6.07) is 12.0. The monoisotopic (exact) mass is 500 g/mol. The van der Waals surface area contributed by atoms with Crippen LogP contribution >= 0.6 is 23.2 Å². The molecule has 1 saturated heterocycles. The van der Waals surface area contributed by atoms with E-state index >= 15 is 0 Å². The molecule has 0 aromatic heterocycles. The second-order valence-corrected chi connectivity index (χ2v) is 10.3. The van der Waals surface area contributed by atoms with Gasteiger partial charge in [-0.1, -0.05) is 35.3 Å². The predicted octanol–water partition coefficient (Wildman–Crippen LogP) is 3.74. The molecule has 1 heterocycles. The van der Waals surface area contributed by atoms with Crippen molar-refractivity contribution in [2.45, 2.75) is 18.6 Å². The minimum Gasteiger partial charge on any atom is -0.497 e. The van der Waals surface area contributed by atoms with Crippen LogP contribution in [0.3, 0.4) is 0 Å². The zero-order chi connectivity index (χ0) is 23.1. The maximum atomic E-state index is 12.8. The third kappa shape index (κ3) is 6.75. The summed E-state index contributed by atoms with van der Waals surface area (Å²) >= 11 is 12.0. The van der Waals surface area contributed by atoms with E-state index in [2.05, 4.69) is 5.32 Å². The summed E-state index contributed by atoms with van der Waals surface area (Å²) in [5.74, 6) is 0.862. The van der Waals surface area contributed by atoms with Crippen LogP contribution in [0.25, 0.3) is 0 Å². The molecular formula is C22H26Cl2N2O5S. The van der Waals surface area contributed by atoms with E-state index in [4.69, 9.17) is 32.7 Å². The second-order valence-electron chi connectivity index (χ2n) is 7.48. The minimum atomic E-state index is -3.53. The van der Waals surface area contributed by atoms with Crippen LogP contribution in [0.5, 0.6) is 11.5 Å². The van der Waals surface area contributed by atoms with Gasteiger partial charge in [0.1, 0.15) is 18.1 Å². The Bertz CT molecular complexity index is 1040. The molecule has 0 atom stereocenters. The molecule has 2 aromatic carbocycles. The molecule has 0 bridgehead atoms. The van der Waals surface area contributed by atoms with E-state index in [0.717, 1.165) is 0 Å². The fourth-order valence-corrected chi connectivity index (χ4v) is 5.65. The number of ether oxygens (including phenoxy) is 2. The van der Waals surface area contributed by atoms with Gasteiger partial charge in [0, 0.05) is 35.1 Å². The van der Waals surface area contributed by atoms with Gasteiger partial charge in [0.2, 0.25) is 15.9 Å². The van der Waals surface area contributed by atoms with Gasteiger partial charge < -0.3 is 14.8 Å². The highest BCUT2D eigenvalue weighted by atomic mass is 35.5. The number of carbonyl (C=O) groups excluding carboxylic acids is 1. The quantitative estimate of drug-likeness (QED) is 0.530. The number of benzene rings is 2. The molecule has 1 amide bonds. The zero-order valence-electron chi connectivity index (χ0n) is 17.7. The molecule has 7 nitrogen and oxygen atoms in total. The van der Waals surface area contributed by atoms with Crippen molar-refractivity contribution in [3.63, 3.8) is 0 Å². The van der Waals surface area contributed by atoms with E-state index in [1.165, 1.54) is 10.4 Å².